The van der Waals surface area contributed by atoms with E-state index in [9.17, 15) is 9.59 Å². The van der Waals surface area contributed by atoms with Gasteiger partial charge in [0.1, 0.15) is 6.54 Å². The number of benzene rings is 2. The summed E-state index contributed by atoms with van der Waals surface area (Å²) in [6.07, 6.45) is -0.402. The molecule has 2 heterocycles. The van der Waals surface area contributed by atoms with E-state index in [1.165, 1.54) is 0 Å². The van der Waals surface area contributed by atoms with Crippen LogP contribution < -0.4 is 4.57 Å². The molecular formula is C21H19N2O4+. The van der Waals surface area contributed by atoms with E-state index in [0.717, 1.165) is 16.6 Å². The van der Waals surface area contributed by atoms with Gasteiger partial charge in [0.05, 0.1) is 20.3 Å². The minimum atomic E-state index is -0.402. The lowest BCUT2D eigenvalue weighted by atomic mass is 9.87. The largest absolute Gasteiger partial charge is 0.346 e. The molecule has 0 amide bonds. The number of nitrogens with zero attached hydrogens (tertiary/aromatic N) is 2. The molecule has 1 aliphatic carbocycles. The van der Waals surface area contributed by atoms with Crippen LogP contribution in [0.1, 0.15) is 37.9 Å². The molecule has 3 aromatic rings. The van der Waals surface area contributed by atoms with E-state index in [0.29, 0.717) is 42.3 Å². The summed E-state index contributed by atoms with van der Waals surface area (Å²) in [5.74, 6) is 0.563. The number of carbonyl (C=O) groups is 2. The van der Waals surface area contributed by atoms with E-state index in [1.54, 1.807) is 4.57 Å². The zero-order valence-electron chi connectivity index (χ0n) is 15.2. The maximum atomic E-state index is 13.4. The monoisotopic (exact) mass is 363 g/mol. The summed E-state index contributed by atoms with van der Waals surface area (Å²) in [7, 11) is 1.82. The molecule has 1 aromatic heterocycles. The fraction of sp³-hybridized carbons (Fsp3) is 0.286. The average Bonchev–Trinajstić information content (AvgIpc) is 3.28. The molecule has 27 heavy (non-hydrogen) atoms. The van der Waals surface area contributed by atoms with Crippen LogP contribution in [-0.4, -0.2) is 35.6 Å². The van der Waals surface area contributed by atoms with Crippen LogP contribution in [0, 0.1) is 6.92 Å². The number of ketones is 2. The third-order valence-corrected chi connectivity index (χ3v) is 5.53. The van der Waals surface area contributed by atoms with Crippen molar-refractivity contribution < 1.29 is 23.6 Å². The van der Waals surface area contributed by atoms with Gasteiger partial charge in [0.2, 0.25) is 23.0 Å². The van der Waals surface area contributed by atoms with Crippen LogP contribution in [0.3, 0.4) is 0 Å². The minimum Gasteiger partial charge on any atom is -0.346 e. The molecule has 0 N–H and O–H groups in total. The van der Waals surface area contributed by atoms with Crippen LogP contribution in [0.25, 0.3) is 10.8 Å². The standard InChI is InChI=1S/C21H19N2O4/c1-12-22(2)18-19(23(12)11-17-26-7-8-27-17)21(25)16-10-14-6-4-3-5-13(14)9-15(16)20(18)24/h3-6,9-10,17H,7-8,11H2,1-2H3/q+1. The van der Waals surface area contributed by atoms with Gasteiger partial charge in [-0.3, -0.25) is 9.59 Å². The summed E-state index contributed by atoms with van der Waals surface area (Å²) in [6, 6.07) is 11.4. The van der Waals surface area contributed by atoms with E-state index in [-0.39, 0.29) is 11.6 Å². The van der Waals surface area contributed by atoms with E-state index < -0.39 is 6.29 Å². The van der Waals surface area contributed by atoms with Gasteiger partial charge in [-0.1, -0.05) is 24.3 Å². The van der Waals surface area contributed by atoms with Gasteiger partial charge in [-0.05, 0) is 22.9 Å². The highest BCUT2D eigenvalue weighted by molar-refractivity contribution is 6.27. The van der Waals surface area contributed by atoms with Gasteiger partial charge < -0.3 is 9.47 Å². The third-order valence-electron chi connectivity index (χ3n) is 5.53. The zero-order valence-corrected chi connectivity index (χ0v) is 15.2. The number of fused-ring (bicyclic) bond motifs is 3. The van der Waals surface area contributed by atoms with Crippen molar-refractivity contribution in [3.63, 3.8) is 0 Å². The number of rotatable bonds is 2. The van der Waals surface area contributed by atoms with E-state index in [4.69, 9.17) is 9.47 Å². The molecule has 0 bridgehead atoms. The molecule has 0 atom stereocenters. The number of hydrogen-bond acceptors (Lipinski definition) is 4. The Morgan fingerprint density at radius 3 is 2.26 bits per heavy atom. The molecule has 0 radical (unpaired) electrons. The zero-order chi connectivity index (χ0) is 18.7. The summed E-state index contributed by atoms with van der Waals surface area (Å²) in [4.78, 5) is 26.7. The lowest BCUT2D eigenvalue weighted by Gasteiger charge is -2.15. The first-order valence-corrected chi connectivity index (χ1v) is 9.01. The predicted octanol–water partition coefficient (Wildman–Crippen LogP) is 1.92. The Balaban J connectivity index is 1.71. The second kappa shape index (κ2) is 5.84. The van der Waals surface area contributed by atoms with Crippen molar-refractivity contribution in [2.45, 2.75) is 19.8 Å². The Bertz CT molecular complexity index is 1120. The number of hydrogen-bond donors (Lipinski definition) is 0. The van der Waals surface area contributed by atoms with Crippen molar-refractivity contribution in [3.8, 4) is 0 Å². The first-order chi connectivity index (χ1) is 13.1. The Hall–Kier alpha value is -2.83. The SMILES string of the molecule is Cc1n(CC2OCCO2)c2c([n+]1C)C(=O)c1cc3ccccc3cc1C2=O. The average molecular weight is 363 g/mol. The van der Waals surface area contributed by atoms with Gasteiger partial charge in [0, 0.05) is 18.1 Å². The molecule has 5 rings (SSSR count). The van der Waals surface area contributed by atoms with Crippen LogP contribution in [0.4, 0.5) is 0 Å². The first-order valence-electron chi connectivity index (χ1n) is 9.01. The molecule has 0 unspecified atom stereocenters. The van der Waals surface area contributed by atoms with Crippen LogP contribution in [0.5, 0.6) is 0 Å². The summed E-state index contributed by atoms with van der Waals surface area (Å²) < 4.78 is 14.8. The lowest BCUT2D eigenvalue weighted by molar-refractivity contribution is -0.679. The molecular weight excluding hydrogens is 344 g/mol. The van der Waals surface area contributed by atoms with E-state index >= 15 is 0 Å². The molecule has 6 heteroatoms. The Kier molecular flexibility index (Phi) is 3.54. The van der Waals surface area contributed by atoms with Gasteiger partial charge in [-0.2, -0.15) is 0 Å². The second-order valence-corrected chi connectivity index (χ2v) is 6.99. The molecule has 1 aliphatic heterocycles. The second-order valence-electron chi connectivity index (χ2n) is 6.99. The van der Waals surface area contributed by atoms with Crippen molar-refractivity contribution in [3.05, 3.63) is 64.7 Å². The topological polar surface area (TPSA) is 61.4 Å². The number of imidazole rings is 1. The lowest BCUT2D eigenvalue weighted by Crippen LogP contribution is -2.39. The van der Waals surface area contributed by atoms with Gasteiger partial charge in [-0.15, -0.1) is 0 Å². The first kappa shape index (κ1) is 16.4. The molecule has 136 valence electrons. The van der Waals surface area contributed by atoms with Crippen molar-refractivity contribution in [1.82, 2.24) is 4.57 Å². The fourth-order valence-electron chi connectivity index (χ4n) is 4.04. The summed E-state index contributed by atoms with van der Waals surface area (Å²) in [6.45, 7) is 3.37. The maximum Gasteiger partial charge on any atom is 0.254 e. The minimum absolute atomic E-state index is 0.122. The molecule has 6 nitrogen and oxygen atoms in total. The molecule has 2 aromatic carbocycles. The van der Waals surface area contributed by atoms with Crippen LogP contribution in [0.15, 0.2) is 36.4 Å². The number of carbonyl (C=O) groups excluding carboxylic acids is 2. The quantitative estimate of drug-likeness (QED) is 0.511. The Morgan fingerprint density at radius 1 is 1.04 bits per heavy atom. The number of aromatic nitrogens is 2. The van der Waals surface area contributed by atoms with Gasteiger partial charge in [-0.25, -0.2) is 9.13 Å². The Labute approximate surface area is 155 Å². The normalized spacial score (nSPS) is 16.8. The molecule has 1 saturated heterocycles. The summed E-state index contributed by atoms with van der Waals surface area (Å²) >= 11 is 0. The van der Waals surface area contributed by atoms with Crippen LogP contribution in [-0.2, 0) is 23.1 Å². The van der Waals surface area contributed by atoms with E-state index in [2.05, 4.69) is 0 Å². The fourth-order valence-corrected chi connectivity index (χ4v) is 4.04. The number of ether oxygens (including phenoxy) is 2. The van der Waals surface area contributed by atoms with Crippen molar-refractivity contribution in [1.29, 1.82) is 0 Å². The van der Waals surface area contributed by atoms with Crippen molar-refractivity contribution >= 4 is 22.3 Å². The van der Waals surface area contributed by atoms with Gasteiger partial charge in [0.15, 0.2) is 6.29 Å². The molecule has 1 fully saturated rings. The highest BCUT2D eigenvalue weighted by Gasteiger charge is 2.43. The van der Waals surface area contributed by atoms with Crippen molar-refractivity contribution in [2.24, 2.45) is 7.05 Å². The summed E-state index contributed by atoms with van der Waals surface area (Å²) in [5.41, 5.74) is 1.77. The van der Waals surface area contributed by atoms with Gasteiger partial charge >= 0.3 is 0 Å². The Morgan fingerprint density at radius 2 is 1.63 bits per heavy atom. The highest BCUT2D eigenvalue weighted by atomic mass is 16.7. The smallest absolute Gasteiger partial charge is 0.254 e. The van der Waals surface area contributed by atoms with Crippen LogP contribution >= 0.6 is 0 Å². The third kappa shape index (κ3) is 2.30. The predicted molar refractivity (Wildman–Crippen MR) is 96.9 cm³/mol. The molecule has 0 saturated carbocycles. The van der Waals surface area contributed by atoms with Gasteiger partial charge in [0.25, 0.3) is 5.82 Å². The maximum absolute atomic E-state index is 13.4. The van der Waals surface area contributed by atoms with Crippen molar-refractivity contribution in [2.75, 3.05) is 13.2 Å². The van der Waals surface area contributed by atoms with E-state index in [1.807, 2.05) is 54.9 Å². The highest BCUT2D eigenvalue weighted by Crippen LogP contribution is 2.30. The molecule has 0 spiro atoms. The van der Waals surface area contributed by atoms with Crippen LogP contribution in [0.2, 0.25) is 0 Å². The molecule has 2 aliphatic rings. The summed E-state index contributed by atoms with van der Waals surface area (Å²) in [5, 5.41) is 1.90.